The Morgan fingerprint density at radius 1 is 1.38 bits per heavy atom. The van der Waals surface area contributed by atoms with Crippen molar-refractivity contribution in [1.82, 2.24) is 14.8 Å². The molecule has 2 aliphatic rings. The van der Waals surface area contributed by atoms with E-state index in [9.17, 15) is 4.79 Å². The van der Waals surface area contributed by atoms with Gasteiger partial charge in [0.1, 0.15) is 10.4 Å². The molecule has 126 valence electrons. The first-order valence-corrected chi connectivity index (χ1v) is 9.03. The molecule has 0 amide bonds. The van der Waals surface area contributed by atoms with Crippen molar-refractivity contribution in [2.75, 3.05) is 24.6 Å². The molecule has 2 aromatic rings. The molecule has 6 nitrogen and oxygen atoms in total. The van der Waals surface area contributed by atoms with Gasteiger partial charge in [-0.15, -0.1) is 0 Å². The molecule has 24 heavy (non-hydrogen) atoms. The summed E-state index contributed by atoms with van der Waals surface area (Å²) >= 11 is 3.57. The minimum Gasteiger partial charge on any atom is -0.462 e. The number of anilines is 1. The SMILES string of the molecule is CCOC(=O)c1cnn(Cc2ccc(N3CC4CC4C3)nc2Br)c1. The molecule has 2 atom stereocenters. The van der Waals surface area contributed by atoms with Gasteiger partial charge in [0.2, 0.25) is 0 Å². The summed E-state index contributed by atoms with van der Waals surface area (Å²) in [5.41, 5.74) is 1.50. The Morgan fingerprint density at radius 2 is 2.17 bits per heavy atom. The van der Waals surface area contributed by atoms with Gasteiger partial charge in [-0.3, -0.25) is 4.68 Å². The Labute approximate surface area is 148 Å². The molecule has 3 heterocycles. The molecule has 7 heteroatoms. The number of esters is 1. The van der Waals surface area contributed by atoms with E-state index in [1.807, 2.05) is 0 Å². The first-order valence-electron chi connectivity index (χ1n) is 8.24. The lowest BCUT2D eigenvalue weighted by molar-refractivity contribution is 0.0526. The van der Waals surface area contributed by atoms with E-state index in [1.54, 1.807) is 17.8 Å². The number of nitrogens with zero attached hydrogens (tertiary/aromatic N) is 4. The molecule has 0 aromatic carbocycles. The smallest absolute Gasteiger partial charge is 0.341 e. The fourth-order valence-corrected chi connectivity index (χ4v) is 3.72. The van der Waals surface area contributed by atoms with Crippen LogP contribution in [-0.2, 0) is 11.3 Å². The molecule has 4 rings (SSSR count). The van der Waals surface area contributed by atoms with Gasteiger partial charge < -0.3 is 9.64 Å². The second-order valence-electron chi connectivity index (χ2n) is 6.43. The molecule has 1 saturated heterocycles. The van der Waals surface area contributed by atoms with Crippen LogP contribution in [-0.4, -0.2) is 40.4 Å². The standard InChI is InChI=1S/C17H19BrN4O2/c1-2-24-17(23)14-6-19-22(10-14)9-11-3-4-15(20-16(11)18)21-7-12-5-13(12)8-21/h3-4,6,10,12-13H,2,5,7-9H2,1H3. The average molecular weight is 391 g/mol. The van der Waals surface area contributed by atoms with Crippen molar-refractivity contribution in [3.8, 4) is 0 Å². The van der Waals surface area contributed by atoms with E-state index < -0.39 is 0 Å². The number of halogens is 1. The van der Waals surface area contributed by atoms with Crippen molar-refractivity contribution < 1.29 is 9.53 Å². The van der Waals surface area contributed by atoms with Crippen LogP contribution in [0.15, 0.2) is 29.1 Å². The van der Waals surface area contributed by atoms with Crippen LogP contribution in [0.2, 0.25) is 0 Å². The fraction of sp³-hybridized carbons (Fsp3) is 0.471. The number of hydrogen-bond donors (Lipinski definition) is 0. The second-order valence-corrected chi connectivity index (χ2v) is 7.18. The van der Waals surface area contributed by atoms with Gasteiger partial charge in [0, 0.05) is 24.8 Å². The Morgan fingerprint density at radius 3 is 2.88 bits per heavy atom. The lowest BCUT2D eigenvalue weighted by atomic mass is 10.2. The summed E-state index contributed by atoms with van der Waals surface area (Å²) in [5.74, 6) is 2.46. The van der Waals surface area contributed by atoms with Crippen molar-refractivity contribution in [3.63, 3.8) is 0 Å². The maximum absolute atomic E-state index is 11.7. The van der Waals surface area contributed by atoms with Crippen LogP contribution < -0.4 is 4.90 Å². The van der Waals surface area contributed by atoms with Crippen LogP contribution >= 0.6 is 15.9 Å². The molecule has 1 aliphatic heterocycles. The molecule has 0 bridgehead atoms. The van der Waals surface area contributed by atoms with E-state index in [1.165, 1.54) is 12.6 Å². The van der Waals surface area contributed by atoms with Crippen LogP contribution in [0.3, 0.4) is 0 Å². The van der Waals surface area contributed by atoms with E-state index in [0.717, 1.165) is 40.9 Å². The zero-order valence-corrected chi connectivity index (χ0v) is 15.1. The van der Waals surface area contributed by atoms with Gasteiger partial charge in [0.15, 0.2) is 0 Å². The Hall–Kier alpha value is -1.89. The molecule has 0 N–H and O–H groups in total. The Kier molecular flexibility index (Phi) is 4.04. The summed E-state index contributed by atoms with van der Waals surface area (Å²) in [5, 5.41) is 4.23. The van der Waals surface area contributed by atoms with E-state index in [-0.39, 0.29) is 5.97 Å². The molecular weight excluding hydrogens is 372 g/mol. The normalized spacial score (nSPS) is 21.7. The Balaban J connectivity index is 1.45. The van der Waals surface area contributed by atoms with Crippen molar-refractivity contribution in [1.29, 1.82) is 0 Å². The van der Waals surface area contributed by atoms with Crippen LogP contribution in [0, 0.1) is 11.8 Å². The maximum atomic E-state index is 11.7. The van der Waals surface area contributed by atoms with Gasteiger partial charge in [-0.1, -0.05) is 6.07 Å². The number of piperidine rings is 1. The summed E-state index contributed by atoms with van der Waals surface area (Å²) in [6.45, 7) is 4.96. The monoisotopic (exact) mass is 390 g/mol. The number of aromatic nitrogens is 3. The average Bonchev–Trinajstić information content (AvgIpc) is 2.98. The maximum Gasteiger partial charge on any atom is 0.341 e. The Bertz CT molecular complexity index is 766. The van der Waals surface area contributed by atoms with Crippen LogP contribution in [0.1, 0.15) is 29.3 Å². The molecule has 1 aliphatic carbocycles. The number of fused-ring (bicyclic) bond motifs is 1. The van der Waals surface area contributed by atoms with E-state index in [4.69, 9.17) is 4.74 Å². The highest BCUT2D eigenvalue weighted by Crippen LogP contribution is 2.46. The zero-order chi connectivity index (χ0) is 16.7. The minimum atomic E-state index is -0.344. The molecule has 0 radical (unpaired) electrons. The summed E-state index contributed by atoms with van der Waals surface area (Å²) in [6, 6.07) is 4.14. The predicted molar refractivity (Wildman–Crippen MR) is 93.0 cm³/mol. The topological polar surface area (TPSA) is 60.2 Å². The number of rotatable bonds is 5. The van der Waals surface area contributed by atoms with Gasteiger partial charge in [-0.05, 0) is 47.2 Å². The van der Waals surface area contributed by atoms with Gasteiger partial charge in [-0.25, -0.2) is 9.78 Å². The number of pyridine rings is 1. The first-order chi connectivity index (χ1) is 11.6. The van der Waals surface area contributed by atoms with Gasteiger partial charge in [-0.2, -0.15) is 5.10 Å². The van der Waals surface area contributed by atoms with E-state index in [0.29, 0.717) is 18.7 Å². The molecule has 2 aromatic heterocycles. The molecule has 2 unspecified atom stereocenters. The molecular formula is C17H19BrN4O2. The zero-order valence-electron chi connectivity index (χ0n) is 13.5. The highest BCUT2D eigenvalue weighted by atomic mass is 79.9. The summed E-state index contributed by atoms with van der Waals surface area (Å²) in [7, 11) is 0. The number of hydrogen-bond acceptors (Lipinski definition) is 5. The van der Waals surface area contributed by atoms with Crippen LogP contribution in [0.4, 0.5) is 5.82 Å². The third-order valence-electron chi connectivity index (χ3n) is 4.69. The predicted octanol–water partition coefficient (Wildman–Crippen LogP) is 2.72. The molecule has 2 fully saturated rings. The highest BCUT2D eigenvalue weighted by molar-refractivity contribution is 9.10. The van der Waals surface area contributed by atoms with Gasteiger partial charge >= 0.3 is 5.97 Å². The summed E-state index contributed by atoms with van der Waals surface area (Å²) < 4.78 is 7.53. The lowest BCUT2D eigenvalue weighted by Crippen LogP contribution is -2.23. The number of ether oxygens (including phenoxy) is 1. The third kappa shape index (κ3) is 3.05. The highest BCUT2D eigenvalue weighted by Gasteiger charge is 2.45. The number of carbonyl (C=O) groups is 1. The van der Waals surface area contributed by atoms with E-state index >= 15 is 0 Å². The van der Waals surface area contributed by atoms with Crippen LogP contribution in [0.5, 0.6) is 0 Å². The second kappa shape index (κ2) is 6.20. The quantitative estimate of drug-likeness (QED) is 0.580. The van der Waals surface area contributed by atoms with Crippen molar-refractivity contribution in [2.45, 2.75) is 19.9 Å². The first kappa shape index (κ1) is 15.6. The van der Waals surface area contributed by atoms with E-state index in [2.05, 4.69) is 43.0 Å². The summed E-state index contributed by atoms with van der Waals surface area (Å²) in [4.78, 5) is 18.7. The fourth-order valence-electron chi connectivity index (χ4n) is 3.28. The lowest BCUT2D eigenvalue weighted by Gasteiger charge is -2.19. The van der Waals surface area contributed by atoms with Crippen LogP contribution in [0.25, 0.3) is 0 Å². The number of carbonyl (C=O) groups excluding carboxylic acids is 1. The van der Waals surface area contributed by atoms with Gasteiger partial charge in [0.05, 0.1) is 24.9 Å². The van der Waals surface area contributed by atoms with Crippen molar-refractivity contribution in [3.05, 3.63) is 40.3 Å². The third-order valence-corrected chi connectivity index (χ3v) is 5.38. The molecule has 1 saturated carbocycles. The van der Waals surface area contributed by atoms with Crippen molar-refractivity contribution >= 4 is 27.7 Å². The van der Waals surface area contributed by atoms with Gasteiger partial charge in [0.25, 0.3) is 0 Å². The van der Waals surface area contributed by atoms with Crippen molar-refractivity contribution in [2.24, 2.45) is 11.8 Å². The summed E-state index contributed by atoms with van der Waals surface area (Å²) in [6.07, 6.45) is 4.62. The molecule has 0 spiro atoms. The minimum absolute atomic E-state index is 0.344. The largest absolute Gasteiger partial charge is 0.462 e.